The lowest BCUT2D eigenvalue weighted by atomic mass is 10.1. The average Bonchev–Trinajstić information content (AvgIpc) is 2.83. The van der Waals surface area contributed by atoms with Crippen LogP contribution in [0.15, 0.2) is 66.7 Å². The van der Waals surface area contributed by atoms with E-state index in [0.717, 1.165) is 98.6 Å². The number of halogens is 2. The van der Waals surface area contributed by atoms with Crippen LogP contribution in [0.3, 0.4) is 0 Å². The molecule has 4 nitrogen and oxygen atoms in total. The molecule has 2 aromatic carbocycles. The quantitative estimate of drug-likeness (QED) is 0.468. The second kappa shape index (κ2) is 13.2. The molecule has 34 heavy (non-hydrogen) atoms. The van der Waals surface area contributed by atoms with Crippen molar-refractivity contribution in [2.75, 3.05) is 26.2 Å². The van der Waals surface area contributed by atoms with Gasteiger partial charge < -0.3 is 5.32 Å². The number of rotatable bonds is 4. The summed E-state index contributed by atoms with van der Waals surface area (Å²) < 4.78 is 0. The van der Waals surface area contributed by atoms with Gasteiger partial charge in [0.05, 0.1) is 11.4 Å². The normalized spacial score (nSPS) is 17.1. The van der Waals surface area contributed by atoms with E-state index in [4.69, 9.17) is 28.2 Å². The van der Waals surface area contributed by atoms with Crippen molar-refractivity contribution >= 4 is 23.2 Å². The first-order valence-corrected chi connectivity index (χ1v) is 13.0. The lowest BCUT2D eigenvalue weighted by Crippen LogP contribution is -2.28. The molecule has 0 radical (unpaired) electrons. The third-order valence-corrected chi connectivity index (χ3v) is 6.98. The Kier molecular flexibility index (Phi) is 9.78. The Balaban J connectivity index is 1.51. The minimum absolute atomic E-state index is 0.809. The maximum atomic E-state index is 6.47. The fraction of sp³-hybridized carbons (Fsp3) is 0.393. The summed E-state index contributed by atoms with van der Waals surface area (Å²) in [5.41, 5.74) is 4.54. The summed E-state index contributed by atoms with van der Waals surface area (Å²) in [7, 11) is 0. The molecule has 2 heterocycles. The predicted octanol–water partition coefficient (Wildman–Crippen LogP) is 6.17. The zero-order valence-corrected chi connectivity index (χ0v) is 21.2. The molecule has 0 atom stereocenters. The van der Waals surface area contributed by atoms with E-state index < -0.39 is 0 Å². The summed E-state index contributed by atoms with van der Waals surface area (Å²) in [6, 6.07) is 22.7. The van der Waals surface area contributed by atoms with Crippen molar-refractivity contribution in [3.8, 4) is 0 Å². The zero-order valence-electron chi connectivity index (χ0n) is 19.7. The summed E-state index contributed by atoms with van der Waals surface area (Å²) in [5, 5.41) is 5.28. The van der Waals surface area contributed by atoms with Gasteiger partial charge in [-0.3, -0.25) is 14.8 Å². The van der Waals surface area contributed by atoms with Crippen molar-refractivity contribution in [1.29, 1.82) is 0 Å². The third-order valence-electron chi connectivity index (χ3n) is 6.25. The summed E-state index contributed by atoms with van der Waals surface area (Å²) in [6.07, 6.45) is 3.41. The Morgan fingerprint density at radius 3 is 1.76 bits per heavy atom. The maximum absolute atomic E-state index is 6.47. The first kappa shape index (κ1) is 25.2. The average molecular weight is 498 g/mol. The molecule has 0 amide bonds. The predicted molar refractivity (Wildman–Crippen MR) is 142 cm³/mol. The van der Waals surface area contributed by atoms with Gasteiger partial charge in [-0.1, -0.05) is 65.7 Å². The van der Waals surface area contributed by atoms with Gasteiger partial charge in [-0.15, -0.1) is 0 Å². The van der Waals surface area contributed by atoms with Gasteiger partial charge in [-0.2, -0.15) is 0 Å². The Hall–Kier alpha value is -1.95. The SMILES string of the molecule is Clc1ccccc1CN1CCCCNCCCN(Cc2ccccc2Cl)Cc2cccc(n2)C1. The number of nitrogens with one attached hydrogen (secondary N) is 1. The molecule has 4 rings (SSSR count). The van der Waals surface area contributed by atoms with Crippen molar-refractivity contribution in [2.45, 2.75) is 45.4 Å². The lowest BCUT2D eigenvalue weighted by molar-refractivity contribution is 0.245. The monoisotopic (exact) mass is 496 g/mol. The Labute approximate surface area is 213 Å². The molecule has 3 aromatic rings. The standard InChI is InChI=1S/C28H34Cl2N4/c29-27-13-3-1-9-23(27)19-33-17-6-5-15-31-16-8-18-34(20-24-10-2-4-14-28(24)30)22-26-12-7-11-25(21-33)32-26/h1-4,7,9-14,31H,5-6,8,15-22H2. The van der Waals surface area contributed by atoms with Crippen LogP contribution in [0.5, 0.6) is 0 Å². The number of nitrogens with zero attached hydrogens (tertiary/aromatic N) is 3. The second-order valence-corrected chi connectivity index (χ2v) is 9.85. The fourth-order valence-corrected chi connectivity index (χ4v) is 4.86. The van der Waals surface area contributed by atoms with E-state index >= 15 is 0 Å². The van der Waals surface area contributed by atoms with E-state index in [2.05, 4.69) is 57.6 Å². The highest BCUT2D eigenvalue weighted by atomic mass is 35.5. The Bertz CT molecular complexity index is 963. The molecule has 0 saturated carbocycles. The van der Waals surface area contributed by atoms with E-state index in [-0.39, 0.29) is 0 Å². The number of aromatic nitrogens is 1. The molecule has 0 spiro atoms. The van der Waals surface area contributed by atoms with Gasteiger partial charge in [-0.25, -0.2) is 0 Å². The van der Waals surface area contributed by atoms with Crippen LogP contribution in [0.25, 0.3) is 0 Å². The van der Waals surface area contributed by atoms with Gasteiger partial charge in [0.25, 0.3) is 0 Å². The highest BCUT2D eigenvalue weighted by Gasteiger charge is 2.14. The van der Waals surface area contributed by atoms with Crippen molar-refractivity contribution in [2.24, 2.45) is 0 Å². The molecule has 2 bridgehead atoms. The largest absolute Gasteiger partial charge is 0.317 e. The summed E-state index contributed by atoms with van der Waals surface area (Å²) in [4.78, 5) is 9.97. The summed E-state index contributed by atoms with van der Waals surface area (Å²) in [6.45, 7) is 7.38. The van der Waals surface area contributed by atoms with Gasteiger partial charge in [0.1, 0.15) is 0 Å². The zero-order chi connectivity index (χ0) is 23.6. The minimum Gasteiger partial charge on any atom is -0.317 e. The highest BCUT2D eigenvalue weighted by Crippen LogP contribution is 2.20. The number of benzene rings is 2. The molecule has 1 aliphatic rings. The molecule has 0 fully saturated rings. The van der Waals surface area contributed by atoms with Crippen LogP contribution in [0.4, 0.5) is 0 Å². The number of hydrogen-bond acceptors (Lipinski definition) is 4. The number of hydrogen-bond donors (Lipinski definition) is 1. The molecular formula is C28H34Cl2N4. The summed E-state index contributed by atoms with van der Waals surface area (Å²) in [5.74, 6) is 0. The first-order chi connectivity index (χ1) is 16.7. The molecule has 1 aliphatic heterocycles. The number of pyridine rings is 1. The Morgan fingerprint density at radius 1 is 0.647 bits per heavy atom. The van der Waals surface area contributed by atoms with E-state index in [0.29, 0.717) is 0 Å². The topological polar surface area (TPSA) is 31.4 Å². The van der Waals surface area contributed by atoms with Crippen molar-refractivity contribution in [3.05, 3.63) is 99.3 Å². The van der Waals surface area contributed by atoms with E-state index in [1.807, 2.05) is 24.3 Å². The highest BCUT2D eigenvalue weighted by molar-refractivity contribution is 6.31. The van der Waals surface area contributed by atoms with E-state index in [9.17, 15) is 0 Å². The van der Waals surface area contributed by atoms with E-state index in [1.165, 1.54) is 5.56 Å². The smallest absolute Gasteiger partial charge is 0.0548 e. The molecule has 0 aliphatic carbocycles. The van der Waals surface area contributed by atoms with Crippen LogP contribution in [0, 0.1) is 0 Å². The van der Waals surface area contributed by atoms with Crippen LogP contribution >= 0.6 is 23.2 Å². The van der Waals surface area contributed by atoms with Gasteiger partial charge in [0.2, 0.25) is 0 Å². The molecule has 6 heteroatoms. The van der Waals surface area contributed by atoms with Gasteiger partial charge in [0, 0.05) is 42.8 Å². The van der Waals surface area contributed by atoms with Crippen LogP contribution in [-0.4, -0.2) is 41.0 Å². The van der Waals surface area contributed by atoms with Gasteiger partial charge in [-0.05, 0) is 74.3 Å². The first-order valence-electron chi connectivity index (χ1n) is 12.2. The van der Waals surface area contributed by atoms with E-state index in [1.54, 1.807) is 0 Å². The Morgan fingerprint density at radius 2 is 1.18 bits per heavy atom. The summed E-state index contributed by atoms with van der Waals surface area (Å²) >= 11 is 12.9. The molecular weight excluding hydrogens is 463 g/mol. The van der Waals surface area contributed by atoms with Crippen molar-refractivity contribution in [3.63, 3.8) is 0 Å². The maximum Gasteiger partial charge on any atom is 0.0548 e. The third kappa shape index (κ3) is 7.79. The fourth-order valence-electron chi connectivity index (χ4n) is 4.46. The lowest BCUT2D eigenvalue weighted by Gasteiger charge is -2.24. The van der Waals surface area contributed by atoms with Crippen LogP contribution in [0.2, 0.25) is 10.0 Å². The van der Waals surface area contributed by atoms with Crippen LogP contribution in [-0.2, 0) is 26.2 Å². The molecule has 1 aromatic heterocycles. The number of fused-ring (bicyclic) bond motifs is 2. The van der Waals surface area contributed by atoms with Gasteiger partial charge in [0.15, 0.2) is 0 Å². The molecule has 1 N–H and O–H groups in total. The van der Waals surface area contributed by atoms with Crippen LogP contribution in [0.1, 0.15) is 41.8 Å². The molecule has 0 unspecified atom stereocenters. The molecule has 0 saturated heterocycles. The van der Waals surface area contributed by atoms with Gasteiger partial charge >= 0.3 is 0 Å². The van der Waals surface area contributed by atoms with Crippen LogP contribution < -0.4 is 5.32 Å². The van der Waals surface area contributed by atoms with Crippen molar-refractivity contribution < 1.29 is 0 Å². The minimum atomic E-state index is 0.809. The second-order valence-electron chi connectivity index (χ2n) is 9.04. The molecule has 180 valence electrons. The van der Waals surface area contributed by atoms with Crippen molar-refractivity contribution in [1.82, 2.24) is 20.1 Å².